The van der Waals surface area contributed by atoms with Crippen LogP contribution in [0.25, 0.3) is 10.8 Å². The Labute approximate surface area is 224 Å². The summed E-state index contributed by atoms with van der Waals surface area (Å²) in [6, 6.07) is 15.7. The van der Waals surface area contributed by atoms with Gasteiger partial charge in [0.25, 0.3) is 0 Å². The van der Waals surface area contributed by atoms with Crippen LogP contribution in [0.4, 0.5) is 26.3 Å². The molecule has 1 saturated carbocycles. The Kier molecular flexibility index (Phi) is 8.03. The standard InChI is InChI=1S/C30H32F6N2O/c1-18(2)28(27(39)37-17-20-13-22(29(31,32)33)15-23(14-20)30(34,35)36)12-11-24(16-28)38-19(3)25-10-6-8-21-7-4-5-9-26(21)25/h4-10,13-15,18-19,24,38H,11-12,16-17H2,1-3H3,(H,37,39)/t19?,24-,28+/m1/s1. The van der Waals surface area contributed by atoms with Crippen LogP contribution < -0.4 is 10.6 Å². The SMILES string of the molecule is CC(N[C@@H]1CC[C@@](C(=O)NCc2cc(C(F)(F)F)cc(C(F)(F)F)c2)(C(C)C)C1)c1cccc2ccccc12. The molecule has 0 heterocycles. The normalized spacial score (nSPS) is 20.9. The maximum absolute atomic E-state index is 13.4. The van der Waals surface area contributed by atoms with Gasteiger partial charge in [0, 0.05) is 18.6 Å². The molecule has 0 saturated heterocycles. The van der Waals surface area contributed by atoms with Gasteiger partial charge in [0.05, 0.1) is 16.5 Å². The Morgan fingerprint density at radius 3 is 2.15 bits per heavy atom. The van der Waals surface area contributed by atoms with Crippen LogP contribution in [-0.2, 0) is 23.7 Å². The molecule has 1 unspecified atom stereocenters. The molecule has 3 atom stereocenters. The molecule has 0 bridgehead atoms. The lowest BCUT2D eigenvalue weighted by molar-refractivity contribution is -0.143. The highest BCUT2D eigenvalue weighted by Crippen LogP contribution is 2.45. The maximum Gasteiger partial charge on any atom is 0.416 e. The Morgan fingerprint density at radius 2 is 1.54 bits per heavy atom. The van der Waals surface area contributed by atoms with E-state index in [4.69, 9.17) is 0 Å². The minimum atomic E-state index is -4.94. The molecule has 1 aliphatic carbocycles. The van der Waals surface area contributed by atoms with Crippen LogP contribution in [0, 0.1) is 11.3 Å². The first-order valence-corrected chi connectivity index (χ1v) is 13.0. The average molecular weight is 551 g/mol. The van der Waals surface area contributed by atoms with Crippen molar-refractivity contribution in [1.82, 2.24) is 10.6 Å². The van der Waals surface area contributed by atoms with E-state index in [9.17, 15) is 31.1 Å². The van der Waals surface area contributed by atoms with Crippen molar-refractivity contribution in [2.75, 3.05) is 0 Å². The van der Waals surface area contributed by atoms with Crippen LogP contribution >= 0.6 is 0 Å². The number of hydrogen-bond acceptors (Lipinski definition) is 2. The molecule has 1 fully saturated rings. The first kappa shape index (κ1) is 28.9. The molecule has 1 aliphatic rings. The second-order valence-corrected chi connectivity index (χ2v) is 10.8. The summed E-state index contributed by atoms with van der Waals surface area (Å²) < 4.78 is 79.5. The number of alkyl halides is 6. The third kappa shape index (κ3) is 6.24. The van der Waals surface area contributed by atoms with Gasteiger partial charge < -0.3 is 10.6 Å². The van der Waals surface area contributed by atoms with E-state index in [1.807, 2.05) is 32.0 Å². The van der Waals surface area contributed by atoms with Crippen molar-refractivity contribution >= 4 is 16.7 Å². The van der Waals surface area contributed by atoms with Crippen molar-refractivity contribution in [3.63, 3.8) is 0 Å². The first-order chi connectivity index (χ1) is 18.2. The fourth-order valence-corrected chi connectivity index (χ4v) is 5.76. The van der Waals surface area contributed by atoms with Crippen molar-refractivity contribution in [1.29, 1.82) is 0 Å². The van der Waals surface area contributed by atoms with Gasteiger partial charge >= 0.3 is 12.4 Å². The fraction of sp³-hybridized carbons (Fsp3) is 0.433. The van der Waals surface area contributed by atoms with E-state index in [1.54, 1.807) is 0 Å². The summed E-state index contributed by atoms with van der Waals surface area (Å²) in [7, 11) is 0. The van der Waals surface area contributed by atoms with Gasteiger partial charge in [-0.1, -0.05) is 56.3 Å². The van der Waals surface area contributed by atoms with Gasteiger partial charge in [-0.25, -0.2) is 0 Å². The quantitative estimate of drug-likeness (QED) is 0.292. The van der Waals surface area contributed by atoms with E-state index in [0.29, 0.717) is 25.0 Å². The van der Waals surface area contributed by atoms with Crippen LogP contribution in [0.1, 0.15) is 68.3 Å². The largest absolute Gasteiger partial charge is 0.416 e. The second-order valence-electron chi connectivity index (χ2n) is 10.8. The predicted octanol–water partition coefficient (Wildman–Crippen LogP) is 8.04. The molecule has 0 aliphatic heterocycles. The molecular weight excluding hydrogens is 518 g/mol. The number of hydrogen-bond donors (Lipinski definition) is 2. The number of nitrogens with one attached hydrogen (secondary N) is 2. The number of rotatable bonds is 7. The Balaban J connectivity index is 1.48. The lowest BCUT2D eigenvalue weighted by Crippen LogP contribution is -2.44. The molecule has 210 valence electrons. The molecule has 3 aromatic carbocycles. The van der Waals surface area contributed by atoms with Gasteiger partial charge in [-0.05, 0) is 72.2 Å². The van der Waals surface area contributed by atoms with Crippen molar-refractivity contribution in [3.05, 3.63) is 82.9 Å². The van der Waals surface area contributed by atoms with E-state index in [1.165, 1.54) is 0 Å². The highest BCUT2D eigenvalue weighted by atomic mass is 19.4. The molecule has 1 amide bonds. The van der Waals surface area contributed by atoms with Crippen LogP contribution in [0.3, 0.4) is 0 Å². The Bertz CT molecular complexity index is 1300. The summed E-state index contributed by atoms with van der Waals surface area (Å²) in [5.41, 5.74) is -2.68. The highest BCUT2D eigenvalue weighted by Gasteiger charge is 2.47. The van der Waals surface area contributed by atoms with Gasteiger partial charge in [-0.3, -0.25) is 4.79 Å². The Hall–Kier alpha value is -3.07. The zero-order chi connectivity index (χ0) is 28.6. The third-order valence-electron chi connectivity index (χ3n) is 7.98. The fourth-order valence-electron chi connectivity index (χ4n) is 5.76. The molecule has 2 N–H and O–H groups in total. The molecule has 3 nitrogen and oxygen atoms in total. The number of carbonyl (C=O) groups excluding carboxylic acids is 1. The summed E-state index contributed by atoms with van der Waals surface area (Å²) in [6.07, 6.45) is -8.08. The van der Waals surface area contributed by atoms with Gasteiger partial charge in [0.1, 0.15) is 0 Å². The Morgan fingerprint density at radius 1 is 0.923 bits per heavy atom. The number of halogens is 6. The second kappa shape index (κ2) is 10.8. The van der Waals surface area contributed by atoms with Crippen LogP contribution in [0.15, 0.2) is 60.7 Å². The average Bonchev–Trinajstić information content (AvgIpc) is 3.31. The van der Waals surface area contributed by atoms with E-state index in [0.717, 1.165) is 22.8 Å². The number of amides is 1. The molecular formula is C30H32F6N2O. The molecule has 0 spiro atoms. The lowest BCUT2D eigenvalue weighted by Gasteiger charge is -2.33. The molecule has 0 radical (unpaired) electrons. The smallest absolute Gasteiger partial charge is 0.352 e. The monoisotopic (exact) mass is 550 g/mol. The van der Waals surface area contributed by atoms with E-state index in [-0.39, 0.29) is 35.5 Å². The number of fused-ring (bicyclic) bond motifs is 1. The molecule has 0 aromatic heterocycles. The van der Waals surface area contributed by atoms with Crippen molar-refractivity contribution in [2.24, 2.45) is 11.3 Å². The number of carbonyl (C=O) groups is 1. The summed E-state index contributed by atoms with van der Waals surface area (Å²) >= 11 is 0. The topological polar surface area (TPSA) is 41.1 Å². The van der Waals surface area contributed by atoms with Gasteiger partial charge in [-0.2, -0.15) is 26.3 Å². The zero-order valence-electron chi connectivity index (χ0n) is 22.0. The minimum Gasteiger partial charge on any atom is -0.352 e. The maximum atomic E-state index is 13.4. The van der Waals surface area contributed by atoms with E-state index >= 15 is 0 Å². The van der Waals surface area contributed by atoms with E-state index in [2.05, 4.69) is 41.8 Å². The number of benzene rings is 3. The molecule has 3 aromatic rings. The molecule has 4 rings (SSSR count). The van der Waals surface area contributed by atoms with E-state index < -0.39 is 35.4 Å². The summed E-state index contributed by atoms with van der Waals surface area (Å²) in [5, 5.41) is 8.57. The van der Waals surface area contributed by atoms with Crippen LogP contribution in [-0.4, -0.2) is 11.9 Å². The molecule has 9 heteroatoms. The third-order valence-corrected chi connectivity index (χ3v) is 7.98. The van der Waals surface area contributed by atoms with Crippen LogP contribution in [0.5, 0.6) is 0 Å². The van der Waals surface area contributed by atoms with Crippen molar-refractivity contribution < 1.29 is 31.1 Å². The lowest BCUT2D eigenvalue weighted by atomic mass is 9.74. The van der Waals surface area contributed by atoms with Crippen molar-refractivity contribution in [2.45, 2.75) is 71.0 Å². The zero-order valence-corrected chi connectivity index (χ0v) is 22.0. The van der Waals surface area contributed by atoms with Crippen LogP contribution in [0.2, 0.25) is 0 Å². The van der Waals surface area contributed by atoms with Crippen molar-refractivity contribution in [3.8, 4) is 0 Å². The van der Waals surface area contributed by atoms with Gasteiger partial charge in [-0.15, -0.1) is 0 Å². The summed E-state index contributed by atoms with van der Waals surface area (Å²) in [4.78, 5) is 13.4. The predicted molar refractivity (Wildman–Crippen MR) is 139 cm³/mol. The minimum absolute atomic E-state index is 0.0121. The first-order valence-electron chi connectivity index (χ1n) is 13.0. The highest BCUT2D eigenvalue weighted by molar-refractivity contribution is 5.86. The summed E-state index contributed by atoms with van der Waals surface area (Å²) in [6.45, 7) is 5.48. The molecule has 39 heavy (non-hydrogen) atoms. The van der Waals surface area contributed by atoms with Gasteiger partial charge in [0.15, 0.2) is 0 Å². The van der Waals surface area contributed by atoms with Gasteiger partial charge in [0.2, 0.25) is 5.91 Å². The summed E-state index contributed by atoms with van der Waals surface area (Å²) in [5.74, 6) is -0.435.